The van der Waals surface area contributed by atoms with Crippen LogP contribution in [0.2, 0.25) is 0 Å². The maximum absolute atomic E-state index is 13.0. The first kappa shape index (κ1) is 14.7. The van der Waals surface area contributed by atoms with Gasteiger partial charge in [-0.25, -0.2) is 4.39 Å². The van der Waals surface area contributed by atoms with Crippen LogP contribution in [0, 0.1) is 5.82 Å². The van der Waals surface area contributed by atoms with E-state index in [1.54, 1.807) is 0 Å². The lowest BCUT2D eigenvalue weighted by atomic mass is 9.98. The van der Waals surface area contributed by atoms with Crippen molar-refractivity contribution >= 4 is 0 Å². The van der Waals surface area contributed by atoms with Crippen LogP contribution in [0.1, 0.15) is 36.7 Å². The summed E-state index contributed by atoms with van der Waals surface area (Å²) in [5.74, 6) is -0.190. The molecule has 4 heteroatoms. The molecule has 0 fully saturated rings. The molecule has 2 rings (SSSR count). The van der Waals surface area contributed by atoms with Crippen molar-refractivity contribution in [3.8, 4) is 0 Å². The summed E-state index contributed by atoms with van der Waals surface area (Å²) in [6.07, 6.45) is 3.84. The molecule has 1 unspecified atom stereocenters. The van der Waals surface area contributed by atoms with Gasteiger partial charge in [-0.15, -0.1) is 0 Å². The maximum atomic E-state index is 13.0. The van der Waals surface area contributed by atoms with E-state index in [2.05, 4.69) is 30.5 Å². The SMILES string of the molecule is CCNC(Cc1ccc(F)cc1)c1cn(C)nc1CC. The highest BCUT2D eigenvalue weighted by Crippen LogP contribution is 2.22. The number of nitrogens with zero attached hydrogens (tertiary/aromatic N) is 2. The average molecular weight is 275 g/mol. The van der Waals surface area contributed by atoms with E-state index in [4.69, 9.17) is 0 Å². The first-order chi connectivity index (χ1) is 9.63. The first-order valence-corrected chi connectivity index (χ1v) is 7.14. The Kier molecular flexibility index (Phi) is 4.90. The van der Waals surface area contributed by atoms with Gasteiger partial charge in [0.25, 0.3) is 0 Å². The Hall–Kier alpha value is -1.68. The lowest BCUT2D eigenvalue weighted by Gasteiger charge is -2.18. The zero-order valence-electron chi connectivity index (χ0n) is 12.4. The second-order valence-electron chi connectivity index (χ2n) is 5.00. The highest BCUT2D eigenvalue weighted by Gasteiger charge is 2.17. The van der Waals surface area contributed by atoms with Crippen LogP contribution in [0.4, 0.5) is 4.39 Å². The van der Waals surface area contributed by atoms with E-state index in [0.29, 0.717) is 0 Å². The molecule has 0 bridgehead atoms. The summed E-state index contributed by atoms with van der Waals surface area (Å²) in [4.78, 5) is 0. The van der Waals surface area contributed by atoms with Crippen LogP contribution >= 0.6 is 0 Å². The molecule has 1 atom stereocenters. The predicted octanol–water partition coefficient (Wildman–Crippen LogP) is 3.01. The Morgan fingerprint density at radius 2 is 1.95 bits per heavy atom. The molecule has 2 aromatic rings. The monoisotopic (exact) mass is 275 g/mol. The van der Waals surface area contributed by atoms with Gasteiger partial charge >= 0.3 is 0 Å². The zero-order valence-corrected chi connectivity index (χ0v) is 12.4. The molecule has 0 spiro atoms. The number of hydrogen-bond donors (Lipinski definition) is 1. The van der Waals surface area contributed by atoms with Crippen molar-refractivity contribution in [2.75, 3.05) is 6.54 Å². The Bertz CT molecular complexity index is 545. The lowest BCUT2D eigenvalue weighted by molar-refractivity contribution is 0.544. The van der Waals surface area contributed by atoms with E-state index in [1.165, 1.54) is 17.7 Å². The van der Waals surface area contributed by atoms with Crippen molar-refractivity contribution < 1.29 is 4.39 Å². The van der Waals surface area contributed by atoms with Crippen LogP contribution in [0.5, 0.6) is 0 Å². The molecule has 0 saturated carbocycles. The van der Waals surface area contributed by atoms with Crippen LogP contribution in [-0.2, 0) is 19.9 Å². The van der Waals surface area contributed by atoms with Gasteiger partial charge in [0.2, 0.25) is 0 Å². The third-order valence-corrected chi connectivity index (χ3v) is 3.45. The molecule has 1 N–H and O–H groups in total. The maximum Gasteiger partial charge on any atom is 0.123 e. The van der Waals surface area contributed by atoms with Crippen LogP contribution in [-0.4, -0.2) is 16.3 Å². The van der Waals surface area contributed by atoms with Crippen LogP contribution < -0.4 is 5.32 Å². The van der Waals surface area contributed by atoms with Gasteiger partial charge in [0.15, 0.2) is 0 Å². The van der Waals surface area contributed by atoms with E-state index in [1.807, 2.05) is 23.9 Å². The molecule has 0 aliphatic rings. The second-order valence-corrected chi connectivity index (χ2v) is 5.00. The summed E-state index contributed by atoms with van der Waals surface area (Å²) in [6, 6.07) is 6.95. The van der Waals surface area contributed by atoms with Gasteiger partial charge in [-0.05, 0) is 37.1 Å². The van der Waals surface area contributed by atoms with Crippen LogP contribution in [0.25, 0.3) is 0 Å². The van der Waals surface area contributed by atoms with Gasteiger partial charge < -0.3 is 5.32 Å². The van der Waals surface area contributed by atoms with Crippen LogP contribution in [0.15, 0.2) is 30.5 Å². The molecular weight excluding hydrogens is 253 g/mol. The van der Waals surface area contributed by atoms with Crippen molar-refractivity contribution in [1.29, 1.82) is 0 Å². The number of benzene rings is 1. The highest BCUT2D eigenvalue weighted by atomic mass is 19.1. The minimum atomic E-state index is -0.190. The quantitative estimate of drug-likeness (QED) is 0.878. The van der Waals surface area contributed by atoms with Crippen molar-refractivity contribution in [2.45, 2.75) is 32.7 Å². The average Bonchev–Trinajstić information content (AvgIpc) is 2.82. The van der Waals surface area contributed by atoms with E-state index >= 15 is 0 Å². The summed E-state index contributed by atoms with van der Waals surface area (Å²) >= 11 is 0. The minimum Gasteiger partial charge on any atom is -0.310 e. The summed E-state index contributed by atoms with van der Waals surface area (Å²) < 4.78 is 14.9. The minimum absolute atomic E-state index is 0.190. The van der Waals surface area contributed by atoms with Crippen molar-refractivity contribution in [2.24, 2.45) is 7.05 Å². The molecule has 3 nitrogen and oxygen atoms in total. The number of nitrogens with one attached hydrogen (secondary N) is 1. The molecule has 0 aliphatic heterocycles. The van der Waals surface area contributed by atoms with Gasteiger partial charge in [-0.1, -0.05) is 26.0 Å². The number of aromatic nitrogens is 2. The molecule has 1 aromatic heterocycles. The smallest absolute Gasteiger partial charge is 0.123 e. The van der Waals surface area contributed by atoms with Gasteiger partial charge in [0.1, 0.15) is 5.82 Å². The van der Waals surface area contributed by atoms with E-state index in [-0.39, 0.29) is 11.9 Å². The second kappa shape index (κ2) is 6.66. The Morgan fingerprint density at radius 3 is 2.55 bits per heavy atom. The van der Waals surface area contributed by atoms with Gasteiger partial charge in [0, 0.05) is 24.8 Å². The largest absolute Gasteiger partial charge is 0.310 e. The number of likely N-dealkylation sites (N-methyl/N-ethyl adjacent to an activating group) is 1. The first-order valence-electron chi connectivity index (χ1n) is 7.14. The Labute approximate surface area is 119 Å². The number of hydrogen-bond acceptors (Lipinski definition) is 2. The van der Waals surface area contributed by atoms with Gasteiger partial charge in [-0.3, -0.25) is 4.68 Å². The highest BCUT2D eigenvalue weighted by molar-refractivity contribution is 5.26. The molecule has 0 amide bonds. The number of rotatable bonds is 6. The summed E-state index contributed by atoms with van der Waals surface area (Å²) in [6.45, 7) is 5.11. The summed E-state index contributed by atoms with van der Waals surface area (Å²) in [5.41, 5.74) is 3.49. The Balaban J connectivity index is 2.23. The third kappa shape index (κ3) is 3.45. The molecule has 1 heterocycles. The normalized spacial score (nSPS) is 12.6. The van der Waals surface area contributed by atoms with Gasteiger partial charge in [-0.2, -0.15) is 5.10 Å². The molecule has 1 aromatic carbocycles. The Morgan fingerprint density at radius 1 is 1.25 bits per heavy atom. The molecular formula is C16H22FN3. The molecule has 108 valence electrons. The number of aryl methyl sites for hydroxylation is 2. The molecule has 0 radical (unpaired) electrons. The van der Waals surface area contributed by atoms with Crippen molar-refractivity contribution in [3.05, 3.63) is 53.1 Å². The van der Waals surface area contributed by atoms with Crippen molar-refractivity contribution in [1.82, 2.24) is 15.1 Å². The third-order valence-electron chi connectivity index (χ3n) is 3.45. The van der Waals surface area contributed by atoms with Crippen molar-refractivity contribution in [3.63, 3.8) is 0 Å². The fourth-order valence-electron chi connectivity index (χ4n) is 2.51. The molecule has 0 aliphatic carbocycles. The summed E-state index contributed by atoms with van der Waals surface area (Å²) in [5, 5.41) is 8.01. The van der Waals surface area contributed by atoms with E-state index < -0.39 is 0 Å². The molecule has 0 saturated heterocycles. The topological polar surface area (TPSA) is 29.9 Å². The predicted molar refractivity (Wildman–Crippen MR) is 79.1 cm³/mol. The lowest BCUT2D eigenvalue weighted by Crippen LogP contribution is -2.23. The standard InChI is InChI=1S/C16H22FN3/c1-4-15-14(11-20(3)19-15)16(18-5-2)10-12-6-8-13(17)9-7-12/h6-9,11,16,18H,4-5,10H2,1-3H3. The fraction of sp³-hybridized carbons (Fsp3) is 0.438. The number of halogens is 1. The van der Waals surface area contributed by atoms with Gasteiger partial charge in [0.05, 0.1) is 5.69 Å². The molecule has 20 heavy (non-hydrogen) atoms. The summed E-state index contributed by atoms with van der Waals surface area (Å²) in [7, 11) is 1.95. The van der Waals surface area contributed by atoms with E-state index in [0.717, 1.165) is 30.6 Å². The van der Waals surface area contributed by atoms with Crippen LogP contribution in [0.3, 0.4) is 0 Å². The zero-order chi connectivity index (χ0) is 14.5. The fourth-order valence-corrected chi connectivity index (χ4v) is 2.51. The van der Waals surface area contributed by atoms with E-state index in [9.17, 15) is 4.39 Å².